The molecule has 0 bridgehead atoms. The third kappa shape index (κ3) is 12.2. The minimum atomic E-state index is -4.51. The van der Waals surface area contributed by atoms with Crippen LogP contribution in [0.5, 0.6) is 0 Å². The van der Waals surface area contributed by atoms with E-state index in [-0.39, 0.29) is 23.8 Å². The summed E-state index contributed by atoms with van der Waals surface area (Å²) in [6.07, 6.45) is -1.49. The molecule has 18 heteroatoms. The summed E-state index contributed by atoms with van der Waals surface area (Å²) < 4.78 is 68.8. The number of morpholine rings is 2. The molecular formula is C49H71F3N8O7. The van der Waals surface area contributed by atoms with E-state index in [1.807, 2.05) is 32.2 Å². The third-order valence-corrected chi connectivity index (χ3v) is 13.5. The Kier molecular flexibility index (Phi) is 15.4. The standard InChI is InChI=1S/C49H71F3N8O7/c1-10-48(7,8)25-38-36-22-32(58-19-21-66-35(28-58)24-40(54-46(63)67-47(4,5)6)44(61)60-15-11-12-39(55-60)45(62)64-9)13-14-41(36)59(30-49(50,51)52)43(38)37-23-33(26-53-42(37)31(2)3)57-17-16-56-18-20-65-29-34(56)27-57/h13-14,22-23,26,31,34-35,39-40,55H,10-12,15-21,24-25,27-30H2,1-9H3,(H,54,63)/t34-,35-,39-,40-/m0/s1. The van der Waals surface area contributed by atoms with Crippen molar-refractivity contribution in [3.63, 3.8) is 0 Å². The molecule has 3 aromatic rings. The zero-order chi connectivity index (χ0) is 48.4. The van der Waals surface area contributed by atoms with Gasteiger partial charge >= 0.3 is 18.2 Å². The van der Waals surface area contributed by atoms with Crippen LogP contribution in [0.3, 0.4) is 0 Å². The Morgan fingerprint density at radius 2 is 1.73 bits per heavy atom. The van der Waals surface area contributed by atoms with Gasteiger partial charge in [-0.1, -0.05) is 41.0 Å². The van der Waals surface area contributed by atoms with Crippen molar-refractivity contribution in [1.29, 1.82) is 0 Å². The number of carbonyl (C=O) groups excluding carboxylic acids is 3. The normalized spacial score (nSPS) is 21.6. The second-order valence-electron chi connectivity index (χ2n) is 20.6. The van der Waals surface area contributed by atoms with Gasteiger partial charge in [-0.3, -0.25) is 24.5 Å². The van der Waals surface area contributed by atoms with Crippen molar-refractivity contribution in [1.82, 2.24) is 30.2 Å². The molecule has 4 atom stereocenters. The first-order valence-corrected chi connectivity index (χ1v) is 23.9. The number of halogens is 3. The van der Waals surface area contributed by atoms with Crippen LogP contribution in [0.1, 0.15) is 98.2 Å². The second kappa shape index (κ2) is 20.5. The van der Waals surface area contributed by atoms with E-state index in [0.717, 1.165) is 60.6 Å². The molecule has 7 rings (SSSR count). The number of hydrogen-bond donors (Lipinski definition) is 2. The number of piperazine rings is 1. The largest absolute Gasteiger partial charge is 0.468 e. The van der Waals surface area contributed by atoms with Crippen molar-refractivity contribution >= 4 is 40.2 Å². The van der Waals surface area contributed by atoms with Crippen LogP contribution in [0.15, 0.2) is 30.5 Å². The Bertz CT molecular complexity index is 2240. The van der Waals surface area contributed by atoms with Crippen LogP contribution in [-0.4, -0.2) is 146 Å². The van der Waals surface area contributed by atoms with E-state index in [2.05, 4.69) is 52.3 Å². The van der Waals surface area contributed by atoms with Gasteiger partial charge in [0.15, 0.2) is 0 Å². The number of fused-ring (bicyclic) bond motifs is 2. The van der Waals surface area contributed by atoms with E-state index in [4.69, 9.17) is 23.9 Å². The summed E-state index contributed by atoms with van der Waals surface area (Å²) in [5, 5.41) is 4.86. The van der Waals surface area contributed by atoms with Gasteiger partial charge in [0.1, 0.15) is 24.2 Å². The maximum absolute atomic E-state index is 14.9. The van der Waals surface area contributed by atoms with Gasteiger partial charge in [0.05, 0.1) is 62.3 Å². The first-order valence-electron chi connectivity index (χ1n) is 23.9. The molecule has 0 unspecified atom stereocenters. The molecule has 0 radical (unpaired) electrons. The number of anilines is 2. The number of pyridine rings is 1. The number of alkyl halides is 3. The lowest BCUT2D eigenvalue weighted by Gasteiger charge is -2.44. The van der Waals surface area contributed by atoms with Gasteiger partial charge in [0.25, 0.3) is 5.91 Å². The number of nitrogens with one attached hydrogen (secondary N) is 2. The number of aromatic nitrogens is 2. The van der Waals surface area contributed by atoms with Gasteiger partial charge < -0.3 is 38.6 Å². The van der Waals surface area contributed by atoms with Crippen LogP contribution in [0, 0.1) is 5.41 Å². The molecule has 4 aliphatic heterocycles. The van der Waals surface area contributed by atoms with Crippen molar-refractivity contribution in [3.8, 4) is 11.3 Å². The summed E-state index contributed by atoms with van der Waals surface area (Å²) in [5.74, 6) is -1.01. The molecule has 4 aliphatic rings. The Morgan fingerprint density at radius 1 is 0.970 bits per heavy atom. The van der Waals surface area contributed by atoms with Gasteiger partial charge in [0, 0.05) is 74.4 Å². The summed E-state index contributed by atoms with van der Waals surface area (Å²) >= 11 is 0. The monoisotopic (exact) mass is 941 g/mol. The van der Waals surface area contributed by atoms with Crippen LogP contribution in [0.4, 0.5) is 29.3 Å². The zero-order valence-electron chi connectivity index (χ0n) is 40.8. The molecule has 2 amide bonds. The van der Waals surface area contributed by atoms with Crippen LogP contribution >= 0.6 is 0 Å². The van der Waals surface area contributed by atoms with E-state index in [9.17, 15) is 27.6 Å². The number of benzene rings is 1. The smallest absolute Gasteiger partial charge is 0.408 e. The predicted octanol–water partition coefficient (Wildman–Crippen LogP) is 7.05. The zero-order valence-corrected chi connectivity index (χ0v) is 40.8. The number of nitrogens with zero attached hydrogens (tertiary/aromatic N) is 6. The highest BCUT2D eigenvalue weighted by Gasteiger charge is 2.38. The quantitative estimate of drug-likeness (QED) is 0.170. The molecule has 2 aromatic heterocycles. The van der Waals surface area contributed by atoms with Crippen molar-refractivity contribution in [3.05, 3.63) is 41.7 Å². The topological polar surface area (TPSA) is 143 Å². The first-order chi connectivity index (χ1) is 31.6. The Morgan fingerprint density at radius 3 is 2.43 bits per heavy atom. The number of ether oxygens (including phenoxy) is 4. The van der Waals surface area contributed by atoms with Gasteiger partial charge in [-0.25, -0.2) is 10.2 Å². The minimum Gasteiger partial charge on any atom is -0.468 e. The summed E-state index contributed by atoms with van der Waals surface area (Å²) in [6, 6.07) is 6.18. The molecule has 6 heterocycles. The van der Waals surface area contributed by atoms with Crippen molar-refractivity contribution in [2.45, 2.75) is 136 Å². The molecule has 0 spiro atoms. The van der Waals surface area contributed by atoms with E-state index in [1.54, 1.807) is 26.8 Å². The molecule has 15 nitrogen and oxygen atoms in total. The van der Waals surface area contributed by atoms with E-state index in [1.165, 1.54) is 16.7 Å². The van der Waals surface area contributed by atoms with Crippen molar-refractivity contribution in [2.75, 3.05) is 82.5 Å². The number of alkyl carbamates (subject to hydrolysis) is 1. The number of hydrazine groups is 1. The summed E-state index contributed by atoms with van der Waals surface area (Å²) in [7, 11) is 1.29. The molecule has 1 aromatic carbocycles. The summed E-state index contributed by atoms with van der Waals surface area (Å²) in [4.78, 5) is 51.6. The fourth-order valence-corrected chi connectivity index (χ4v) is 9.79. The fraction of sp³-hybridized carbons (Fsp3) is 0.673. The maximum Gasteiger partial charge on any atom is 0.408 e. The highest BCUT2D eigenvalue weighted by molar-refractivity contribution is 5.95. The minimum absolute atomic E-state index is 0.0710. The average molecular weight is 941 g/mol. The third-order valence-electron chi connectivity index (χ3n) is 13.5. The van der Waals surface area contributed by atoms with Crippen LogP contribution in [0.2, 0.25) is 0 Å². The fourth-order valence-electron chi connectivity index (χ4n) is 9.79. The highest BCUT2D eigenvalue weighted by atomic mass is 19.4. The molecule has 4 saturated heterocycles. The number of esters is 1. The van der Waals surface area contributed by atoms with Gasteiger partial charge in [-0.2, -0.15) is 13.2 Å². The average Bonchev–Trinajstić information content (AvgIpc) is 3.56. The van der Waals surface area contributed by atoms with E-state index >= 15 is 0 Å². The molecule has 0 aliphatic carbocycles. The lowest BCUT2D eigenvalue weighted by Crippen LogP contribution is -2.61. The SMILES string of the molecule is CCC(C)(C)Cc1c(-c2cc(N3CCN4CCOC[C@@H]4C3)cnc2C(C)C)n(CC(F)(F)F)c2ccc(N3CCO[C@@H](C[C@H](NC(=O)OC(C)(C)C)C(=O)N4CCC[C@@H](C(=O)OC)N4)C3)cc12. The highest BCUT2D eigenvalue weighted by Crippen LogP contribution is 2.44. The second-order valence-corrected chi connectivity index (χ2v) is 20.6. The number of methoxy groups -OCH3 is 1. The number of hydrogen-bond acceptors (Lipinski definition) is 12. The number of rotatable bonds is 13. The molecule has 4 fully saturated rings. The maximum atomic E-state index is 14.9. The van der Waals surface area contributed by atoms with Crippen molar-refractivity contribution in [2.24, 2.45) is 5.41 Å². The number of carbonyl (C=O) groups is 3. The molecule has 67 heavy (non-hydrogen) atoms. The first kappa shape index (κ1) is 50.2. The van der Waals surface area contributed by atoms with Crippen LogP contribution < -0.4 is 20.5 Å². The molecule has 0 saturated carbocycles. The molecule has 370 valence electrons. The lowest BCUT2D eigenvalue weighted by molar-refractivity contribution is -0.150. The Hall–Kier alpha value is -4.65. The molecular weight excluding hydrogens is 870 g/mol. The summed E-state index contributed by atoms with van der Waals surface area (Å²) in [5.41, 5.74) is 6.90. The number of amides is 2. The summed E-state index contributed by atoms with van der Waals surface area (Å²) in [6.45, 7) is 20.6. The lowest BCUT2D eigenvalue weighted by atomic mass is 9.81. The Balaban J connectivity index is 1.26. The van der Waals surface area contributed by atoms with Gasteiger partial charge in [-0.15, -0.1) is 0 Å². The van der Waals surface area contributed by atoms with Gasteiger partial charge in [0.2, 0.25) is 0 Å². The van der Waals surface area contributed by atoms with Crippen molar-refractivity contribution < 1.29 is 46.5 Å². The van der Waals surface area contributed by atoms with Crippen LogP contribution in [-0.2, 0) is 41.5 Å². The van der Waals surface area contributed by atoms with Crippen LogP contribution in [0.25, 0.3) is 22.2 Å². The molecule has 2 N–H and O–H groups in total. The van der Waals surface area contributed by atoms with Gasteiger partial charge in [-0.05, 0) is 81.2 Å². The predicted molar refractivity (Wildman–Crippen MR) is 251 cm³/mol. The Labute approximate surface area is 392 Å². The van der Waals surface area contributed by atoms with E-state index in [0.29, 0.717) is 75.5 Å². The van der Waals surface area contributed by atoms with E-state index < -0.39 is 54.5 Å².